The van der Waals surface area contributed by atoms with E-state index in [0.717, 1.165) is 0 Å². The van der Waals surface area contributed by atoms with E-state index in [-0.39, 0.29) is 24.8 Å². The Labute approximate surface area is 146 Å². The third kappa shape index (κ3) is 4.68. The molecule has 0 radical (unpaired) electrons. The topological polar surface area (TPSA) is 78.9 Å². The first kappa shape index (κ1) is 18.7. The van der Waals surface area contributed by atoms with Crippen LogP contribution >= 0.6 is 0 Å². The second kappa shape index (κ2) is 7.96. The van der Waals surface area contributed by atoms with Gasteiger partial charge in [0.25, 0.3) is 5.79 Å². The highest BCUT2D eigenvalue weighted by molar-refractivity contribution is 5.87. The highest BCUT2D eigenvalue weighted by atomic mass is 16.7. The number of ether oxygens (including phenoxy) is 3. The maximum Gasteiger partial charge on any atom is 0.333 e. The second-order valence-electron chi connectivity index (χ2n) is 5.99. The number of hydrogen-bond acceptors (Lipinski definition) is 6. The summed E-state index contributed by atoms with van der Waals surface area (Å²) in [5.74, 6) is -2.98. The highest BCUT2D eigenvalue weighted by Crippen LogP contribution is 2.38. The summed E-state index contributed by atoms with van der Waals surface area (Å²) in [5.41, 5.74) is 0.860. The molecule has 0 amide bonds. The Bertz CT molecular complexity index is 666. The molecular formula is C19H22O6. The van der Waals surface area contributed by atoms with E-state index in [1.54, 1.807) is 31.2 Å². The summed E-state index contributed by atoms with van der Waals surface area (Å²) >= 11 is 0. The molecule has 2 unspecified atom stereocenters. The lowest BCUT2D eigenvalue weighted by molar-refractivity contribution is -0.220. The van der Waals surface area contributed by atoms with Crippen LogP contribution in [0.5, 0.6) is 0 Å². The molecule has 134 valence electrons. The third-order valence-corrected chi connectivity index (χ3v) is 3.90. The lowest BCUT2D eigenvalue weighted by atomic mass is 10.0. The van der Waals surface area contributed by atoms with E-state index in [4.69, 9.17) is 14.2 Å². The molecule has 0 aliphatic carbocycles. The van der Waals surface area contributed by atoms with Gasteiger partial charge in [0.2, 0.25) is 0 Å². The van der Waals surface area contributed by atoms with Gasteiger partial charge in [-0.3, -0.25) is 9.59 Å². The first-order valence-electron chi connectivity index (χ1n) is 8.22. The molecule has 1 aliphatic rings. The first-order valence-corrected chi connectivity index (χ1v) is 8.22. The fraction of sp³-hybridized carbons (Fsp3) is 0.421. The Morgan fingerprint density at radius 3 is 2.52 bits per heavy atom. The maximum absolute atomic E-state index is 12.4. The number of hydrogen-bond donors (Lipinski definition) is 0. The molecule has 0 N–H and O–H groups in total. The van der Waals surface area contributed by atoms with Crippen molar-refractivity contribution in [3.05, 3.63) is 48.0 Å². The molecule has 1 aromatic rings. The molecule has 0 spiro atoms. The molecule has 6 nitrogen and oxygen atoms in total. The van der Waals surface area contributed by atoms with Gasteiger partial charge in [-0.15, -0.1) is 0 Å². The van der Waals surface area contributed by atoms with Gasteiger partial charge >= 0.3 is 17.9 Å². The van der Waals surface area contributed by atoms with Crippen LogP contribution in [-0.2, 0) is 34.4 Å². The number of cyclic esters (lactones) is 1. The number of carbonyl (C=O) groups is 3. The van der Waals surface area contributed by atoms with E-state index in [9.17, 15) is 14.4 Å². The van der Waals surface area contributed by atoms with Crippen molar-refractivity contribution in [2.24, 2.45) is 0 Å². The number of benzene rings is 1. The van der Waals surface area contributed by atoms with Gasteiger partial charge in [0.05, 0.1) is 12.8 Å². The predicted molar refractivity (Wildman–Crippen MR) is 89.1 cm³/mol. The summed E-state index contributed by atoms with van der Waals surface area (Å²) in [6, 6.07) is 8.86. The Hall–Kier alpha value is -2.63. The van der Waals surface area contributed by atoms with Crippen LogP contribution in [0.15, 0.2) is 42.5 Å². The Morgan fingerprint density at radius 1 is 1.32 bits per heavy atom. The zero-order chi connectivity index (χ0) is 18.4. The fourth-order valence-electron chi connectivity index (χ4n) is 2.51. The maximum atomic E-state index is 12.4. The molecule has 1 aromatic carbocycles. The van der Waals surface area contributed by atoms with Crippen molar-refractivity contribution in [3.8, 4) is 0 Å². The number of carbonyl (C=O) groups excluding carboxylic acids is 3. The zero-order valence-electron chi connectivity index (χ0n) is 14.4. The SMILES string of the molecule is C=C(C)C(=O)OC(CC)CC(=O)OC1(c2ccccc2)CCC(=O)O1. The quantitative estimate of drug-likeness (QED) is 0.558. The van der Waals surface area contributed by atoms with E-state index in [0.29, 0.717) is 12.0 Å². The van der Waals surface area contributed by atoms with E-state index in [2.05, 4.69) is 6.58 Å². The van der Waals surface area contributed by atoms with Gasteiger partial charge in [-0.25, -0.2) is 4.79 Å². The fourth-order valence-corrected chi connectivity index (χ4v) is 2.51. The molecule has 1 heterocycles. The van der Waals surface area contributed by atoms with E-state index in [1.807, 2.05) is 6.07 Å². The van der Waals surface area contributed by atoms with Crippen molar-refractivity contribution >= 4 is 17.9 Å². The lowest BCUT2D eigenvalue weighted by Crippen LogP contribution is -2.34. The van der Waals surface area contributed by atoms with Gasteiger partial charge in [0, 0.05) is 17.6 Å². The molecule has 6 heteroatoms. The Kier molecular flexibility index (Phi) is 5.96. The highest BCUT2D eigenvalue weighted by Gasteiger charge is 2.46. The van der Waals surface area contributed by atoms with Crippen LogP contribution in [0.25, 0.3) is 0 Å². The second-order valence-corrected chi connectivity index (χ2v) is 5.99. The molecular weight excluding hydrogens is 324 g/mol. The van der Waals surface area contributed by atoms with Gasteiger partial charge < -0.3 is 14.2 Å². The summed E-state index contributed by atoms with van der Waals surface area (Å²) in [6.45, 7) is 6.85. The smallest absolute Gasteiger partial charge is 0.333 e. The summed E-state index contributed by atoms with van der Waals surface area (Å²) < 4.78 is 16.1. The molecule has 0 bridgehead atoms. The van der Waals surface area contributed by atoms with Crippen molar-refractivity contribution < 1.29 is 28.6 Å². The van der Waals surface area contributed by atoms with Crippen LogP contribution in [0.4, 0.5) is 0 Å². The van der Waals surface area contributed by atoms with E-state index in [1.165, 1.54) is 6.92 Å². The monoisotopic (exact) mass is 346 g/mol. The molecule has 25 heavy (non-hydrogen) atoms. The van der Waals surface area contributed by atoms with Crippen LogP contribution < -0.4 is 0 Å². The van der Waals surface area contributed by atoms with Crippen molar-refractivity contribution in [2.45, 2.75) is 51.4 Å². The summed E-state index contributed by atoms with van der Waals surface area (Å²) in [6.07, 6.45) is 0.128. The van der Waals surface area contributed by atoms with Crippen LogP contribution in [0, 0.1) is 0 Å². The lowest BCUT2D eigenvalue weighted by Gasteiger charge is -2.28. The van der Waals surface area contributed by atoms with Gasteiger partial charge in [-0.05, 0) is 13.3 Å². The minimum atomic E-state index is -1.41. The molecule has 1 aliphatic heterocycles. The molecule has 1 fully saturated rings. The van der Waals surface area contributed by atoms with Crippen molar-refractivity contribution in [2.75, 3.05) is 0 Å². The standard InChI is InChI=1S/C19H22O6/c1-4-15(23-18(22)13(2)3)12-17(21)25-19(11-10-16(20)24-19)14-8-6-5-7-9-14/h5-9,15H,2,4,10-12H2,1,3H3. The van der Waals surface area contributed by atoms with Gasteiger partial charge in [0.15, 0.2) is 0 Å². The number of esters is 3. The van der Waals surface area contributed by atoms with Gasteiger partial charge in [-0.2, -0.15) is 0 Å². The molecule has 1 saturated heterocycles. The van der Waals surface area contributed by atoms with Crippen molar-refractivity contribution in [1.82, 2.24) is 0 Å². The normalized spacial score (nSPS) is 20.5. The van der Waals surface area contributed by atoms with Gasteiger partial charge in [0.1, 0.15) is 6.10 Å². The summed E-state index contributed by atoms with van der Waals surface area (Å²) in [7, 11) is 0. The summed E-state index contributed by atoms with van der Waals surface area (Å²) in [4.78, 5) is 35.6. The van der Waals surface area contributed by atoms with Crippen molar-refractivity contribution in [1.29, 1.82) is 0 Å². The van der Waals surface area contributed by atoms with Crippen LogP contribution in [-0.4, -0.2) is 24.0 Å². The Balaban J connectivity index is 2.09. The number of rotatable bonds is 7. The largest absolute Gasteiger partial charge is 0.458 e. The van der Waals surface area contributed by atoms with Crippen LogP contribution in [0.1, 0.15) is 45.1 Å². The molecule has 0 aromatic heterocycles. The molecule has 0 saturated carbocycles. The first-order chi connectivity index (χ1) is 11.9. The average Bonchev–Trinajstić information content (AvgIpc) is 2.96. The van der Waals surface area contributed by atoms with E-state index >= 15 is 0 Å². The Morgan fingerprint density at radius 2 is 2.00 bits per heavy atom. The summed E-state index contributed by atoms with van der Waals surface area (Å²) in [5, 5.41) is 0. The van der Waals surface area contributed by atoms with Crippen LogP contribution in [0.2, 0.25) is 0 Å². The minimum Gasteiger partial charge on any atom is -0.458 e. The third-order valence-electron chi connectivity index (χ3n) is 3.90. The molecule has 2 rings (SSSR count). The van der Waals surface area contributed by atoms with Crippen LogP contribution in [0.3, 0.4) is 0 Å². The minimum absolute atomic E-state index is 0.123. The zero-order valence-corrected chi connectivity index (χ0v) is 14.4. The predicted octanol–water partition coefficient (Wildman–Crippen LogP) is 3.01. The van der Waals surface area contributed by atoms with Crippen molar-refractivity contribution in [3.63, 3.8) is 0 Å². The molecule has 2 atom stereocenters. The van der Waals surface area contributed by atoms with Gasteiger partial charge in [-0.1, -0.05) is 43.8 Å². The average molecular weight is 346 g/mol. The van der Waals surface area contributed by atoms with E-state index < -0.39 is 29.8 Å².